The molecule has 1 aromatic carbocycles. The van der Waals surface area contributed by atoms with Crippen molar-refractivity contribution in [2.75, 3.05) is 19.5 Å². The number of anilines is 1. The molecular weight excluding hydrogens is 254 g/mol. The minimum atomic E-state index is -0.486. The second-order valence-electron chi connectivity index (χ2n) is 4.07. The number of benzene rings is 1. The molecule has 5 nitrogen and oxygen atoms in total. The van der Waals surface area contributed by atoms with E-state index in [2.05, 4.69) is 16.4 Å². The molecule has 1 heterocycles. The van der Waals surface area contributed by atoms with Crippen LogP contribution >= 0.6 is 0 Å². The highest BCUT2D eigenvalue weighted by Gasteiger charge is 2.11. The molecule has 102 valence electrons. The van der Waals surface area contributed by atoms with E-state index in [0.29, 0.717) is 5.88 Å². The van der Waals surface area contributed by atoms with Crippen LogP contribution in [0.1, 0.15) is 11.6 Å². The molecule has 0 spiro atoms. The maximum Gasteiger partial charge on any atom is 0.212 e. The molecule has 0 saturated heterocycles. The molecule has 0 saturated carbocycles. The van der Waals surface area contributed by atoms with E-state index >= 15 is 0 Å². The predicted octanol–water partition coefficient (Wildman–Crippen LogP) is 2.78. The molecule has 1 atom stereocenters. The topological polar surface area (TPSA) is 67.2 Å². The number of hydrogen-bond donors (Lipinski definition) is 1. The summed E-state index contributed by atoms with van der Waals surface area (Å²) < 4.78 is 10.2. The van der Waals surface area contributed by atoms with Crippen LogP contribution in [0.25, 0.3) is 0 Å². The molecule has 1 unspecified atom stereocenters. The van der Waals surface area contributed by atoms with Gasteiger partial charge in [-0.05, 0) is 18.2 Å². The van der Waals surface area contributed by atoms with Crippen molar-refractivity contribution in [2.45, 2.75) is 6.04 Å². The number of methoxy groups -OCH3 is 2. The van der Waals surface area contributed by atoms with Crippen LogP contribution in [0.15, 0.2) is 42.6 Å². The molecule has 0 aliphatic rings. The summed E-state index contributed by atoms with van der Waals surface area (Å²) in [4.78, 5) is 4.10. The first kappa shape index (κ1) is 13.7. The zero-order valence-electron chi connectivity index (χ0n) is 11.3. The van der Waals surface area contributed by atoms with Crippen molar-refractivity contribution < 1.29 is 9.47 Å². The molecule has 1 aromatic heterocycles. The number of nitrogens with one attached hydrogen (secondary N) is 1. The summed E-state index contributed by atoms with van der Waals surface area (Å²) in [7, 11) is 3.16. The van der Waals surface area contributed by atoms with Gasteiger partial charge in [-0.3, -0.25) is 0 Å². The summed E-state index contributed by atoms with van der Waals surface area (Å²) in [6, 6.07) is 12.7. The van der Waals surface area contributed by atoms with Crippen LogP contribution in [0.5, 0.6) is 11.6 Å². The molecular formula is C15H15N3O2. The summed E-state index contributed by atoms with van der Waals surface area (Å²) >= 11 is 0. The summed E-state index contributed by atoms with van der Waals surface area (Å²) in [5.74, 6) is 1.26. The number of hydrogen-bond acceptors (Lipinski definition) is 5. The number of ether oxygens (including phenoxy) is 2. The normalized spacial score (nSPS) is 11.2. The number of aromatic nitrogens is 1. The smallest absolute Gasteiger partial charge is 0.212 e. The maximum atomic E-state index is 9.29. The van der Waals surface area contributed by atoms with E-state index in [1.165, 1.54) is 0 Å². The largest absolute Gasteiger partial charge is 0.497 e. The van der Waals surface area contributed by atoms with Gasteiger partial charge in [-0.15, -0.1) is 0 Å². The third kappa shape index (κ3) is 3.18. The monoisotopic (exact) mass is 269 g/mol. The Kier molecular flexibility index (Phi) is 4.40. The van der Waals surface area contributed by atoms with Gasteiger partial charge in [-0.2, -0.15) is 5.26 Å². The van der Waals surface area contributed by atoms with E-state index in [0.717, 1.165) is 17.0 Å². The maximum absolute atomic E-state index is 9.29. The minimum absolute atomic E-state index is 0.486. The van der Waals surface area contributed by atoms with Crippen molar-refractivity contribution in [1.29, 1.82) is 5.26 Å². The van der Waals surface area contributed by atoms with Gasteiger partial charge in [0.2, 0.25) is 5.88 Å². The Labute approximate surface area is 117 Å². The van der Waals surface area contributed by atoms with Gasteiger partial charge in [-0.1, -0.05) is 6.07 Å². The average Bonchev–Trinajstić information content (AvgIpc) is 2.53. The Hall–Kier alpha value is -2.74. The van der Waals surface area contributed by atoms with Crippen molar-refractivity contribution >= 4 is 5.69 Å². The number of nitrogens with zero attached hydrogens (tertiary/aromatic N) is 2. The lowest BCUT2D eigenvalue weighted by molar-refractivity contribution is 0.397. The second-order valence-corrected chi connectivity index (χ2v) is 4.07. The molecule has 0 amide bonds. The highest BCUT2D eigenvalue weighted by molar-refractivity contribution is 5.51. The van der Waals surface area contributed by atoms with Crippen LogP contribution < -0.4 is 14.8 Å². The van der Waals surface area contributed by atoms with Gasteiger partial charge in [0.15, 0.2) is 0 Å². The number of nitriles is 1. The molecule has 0 aliphatic heterocycles. The van der Waals surface area contributed by atoms with Gasteiger partial charge in [-0.25, -0.2) is 4.98 Å². The van der Waals surface area contributed by atoms with Gasteiger partial charge in [0.25, 0.3) is 0 Å². The number of rotatable bonds is 5. The molecule has 20 heavy (non-hydrogen) atoms. The van der Waals surface area contributed by atoms with Gasteiger partial charge in [0.1, 0.15) is 11.8 Å². The Bertz CT molecular complexity index is 605. The lowest BCUT2D eigenvalue weighted by Gasteiger charge is -2.14. The molecule has 0 aliphatic carbocycles. The molecule has 2 aromatic rings. The predicted molar refractivity (Wildman–Crippen MR) is 75.8 cm³/mol. The zero-order chi connectivity index (χ0) is 14.4. The van der Waals surface area contributed by atoms with Crippen molar-refractivity contribution in [3.63, 3.8) is 0 Å². The van der Waals surface area contributed by atoms with E-state index in [1.807, 2.05) is 30.3 Å². The second kappa shape index (κ2) is 6.43. The van der Waals surface area contributed by atoms with Crippen LogP contribution in [0, 0.1) is 11.3 Å². The van der Waals surface area contributed by atoms with Crippen molar-refractivity contribution in [1.82, 2.24) is 4.98 Å². The summed E-state index contributed by atoms with van der Waals surface area (Å²) in [5.41, 5.74) is 1.59. The van der Waals surface area contributed by atoms with E-state index in [4.69, 9.17) is 9.47 Å². The lowest BCUT2D eigenvalue weighted by Crippen LogP contribution is -2.09. The van der Waals surface area contributed by atoms with Crippen molar-refractivity contribution in [3.8, 4) is 17.7 Å². The lowest BCUT2D eigenvalue weighted by atomic mass is 10.1. The molecule has 1 N–H and O–H groups in total. The molecule has 5 heteroatoms. The number of pyridine rings is 1. The first-order valence-electron chi connectivity index (χ1n) is 6.07. The SMILES string of the molecule is COc1cccc(NC(C#N)c2ccc(OC)nc2)c1. The first-order valence-corrected chi connectivity index (χ1v) is 6.07. The molecule has 2 rings (SSSR count). The van der Waals surface area contributed by atoms with Crippen LogP contribution in [-0.4, -0.2) is 19.2 Å². The Morgan fingerprint density at radius 2 is 2.05 bits per heavy atom. The highest BCUT2D eigenvalue weighted by Crippen LogP contribution is 2.23. The van der Waals surface area contributed by atoms with Crippen LogP contribution in [0.4, 0.5) is 5.69 Å². The van der Waals surface area contributed by atoms with Crippen molar-refractivity contribution in [2.24, 2.45) is 0 Å². The van der Waals surface area contributed by atoms with Gasteiger partial charge < -0.3 is 14.8 Å². The molecule has 0 radical (unpaired) electrons. The van der Waals surface area contributed by atoms with Gasteiger partial charge in [0.05, 0.1) is 20.3 Å². The Morgan fingerprint density at radius 3 is 2.65 bits per heavy atom. The Balaban J connectivity index is 2.17. The third-order valence-corrected chi connectivity index (χ3v) is 2.81. The molecule has 0 bridgehead atoms. The summed E-state index contributed by atoms with van der Waals surface area (Å²) in [6.45, 7) is 0. The van der Waals surface area contributed by atoms with Gasteiger partial charge >= 0.3 is 0 Å². The fraction of sp³-hybridized carbons (Fsp3) is 0.200. The molecule has 0 fully saturated rings. The van der Waals surface area contributed by atoms with E-state index in [-0.39, 0.29) is 0 Å². The van der Waals surface area contributed by atoms with E-state index in [1.54, 1.807) is 26.5 Å². The van der Waals surface area contributed by atoms with Crippen LogP contribution in [0.2, 0.25) is 0 Å². The zero-order valence-corrected chi connectivity index (χ0v) is 11.3. The quantitative estimate of drug-likeness (QED) is 0.904. The fourth-order valence-electron chi connectivity index (χ4n) is 1.75. The standard InChI is InChI=1S/C15H15N3O2/c1-19-13-5-3-4-12(8-13)18-14(9-16)11-6-7-15(20-2)17-10-11/h3-8,10,14,18H,1-2H3. The van der Waals surface area contributed by atoms with Crippen LogP contribution in [0.3, 0.4) is 0 Å². The van der Waals surface area contributed by atoms with E-state index in [9.17, 15) is 5.26 Å². The van der Waals surface area contributed by atoms with Crippen LogP contribution in [-0.2, 0) is 0 Å². The van der Waals surface area contributed by atoms with Gasteiger partial charge in [0, 0.05) is 29.6 Å². The van der Waals surface area contributed by atoms with Crippen molar-refractivity contribution in [3.05, 3.63) is 48.2 Å². The average molecular weight is 269 g/mol. The van der Waals surface area contributed by atoms with E-state index < -0.39 is 6.04 Å². The minimum Gasteiger partial charge on any atom is -0.497 e. The summed E-state index contributed by atoms with van der Waals surface area (Å²) in [6.07, 6.45) is 1.62. The third-order valence-electron chi connectivity index (χ3n) is 2.81. The summed E-state index contributed by atoms with van der Waals surface area (Å²) in [5, 5.41) is 12.4. The fourth-order valence-corrected chi connectivity index (χ4v) is 1.75. The highest BCUT2D eigenvalue weighted by atomic mass is 16.5. The Morgan fingerprint density at radius 1 is 1.20 bits per heavy atom. The first-order chi connectivity index (χ1) is 9.76.